The molecule has 0 aliphatic heterocycles. The Bertz CT molecular complexity index is 143. The second-order valence-corrected chi connectivity index (χ2v) is 1.91. The summed E-state index contributed by atoms with van der Waals surface area (Å²) in [5.41, 5.74) is 9.90. The molecule has 1 unspecified atom stereocenters. The second-order valence-electron chi connectivity index (χ2n) is 1.53. The molecule has 0 fully saturated rings. The summed E-state index contributed by atoms with van der Waals surface area (Å²) in [6, 6.07) is -0.642. The Labute approximate surface area is 70.0 Å². The van der Waals surface area contributed by atoms with Gasteiger partial charge >= 0.3 is 0 Å². The van der Waals surface area contributed by atoms with Crippen molar-refractivity contribution in [2.75, 3.05) is 0 Å². The van der Waals surface area contributed by atoms with Gasteiger partial charge in [0.25, 0.3) is 0 Å². The van der Waals surface area contributed by atoms with Crippen LogP contribution < -0.4 is 11.5 Å². The fourth-order valence-electron chi connectivity index (χ4n) is 0.274. The fourth-order valence-corrected chi connectivity index (χ4v) is 0.323. The molecule has 4 N–H and O–H groups in total. The van der Waals surface area contributed by atoms with Crippen LogP contribution in [-0.4, -0.2) is 17.2 Å². The number of carbonyl (C=O) groups is 1. The summed E-state index contributed by atoms with van der Waals surface area (Å²) in [4.78, 5) is 13.7. The van der Waals surface area contributed by atoms with E-state index >= 15 is 0 Å². The minimum atomic E-state index is -0.642. The first-order chi connectivity index (χ1) is 4.04. The molecule has 0 aromatic carbocycles. The largest absolute Gasteiger partial charge is 0.370 e. The van der Waals surface area contributed by atoms with Gasteiger partial charge in [-0.25, -0.2) is 4.99 Å². The molecule has 0 spiro atoms. The van der Waals surface area contributed by atoms with Gasteiger partial charge in [-0.1, -0.05) is 0 Å². The van der Waals surface area contributed by atoms with E-state index in [1.807, 2.05) is 0 Å². The lowest BCUT2D eigenvalue weighted by Gasteiger charge is -1.96. The molecule has 10 heavy (non-hydrogen) atoms. The van der Waals surface area contributed by atoms with Crippen LogP contribution in [-0.2, 0) is 4.79 Å². The lowest BCUT2D eigenvalue weighted by atomic mass is 10.4. The first kappa shape index (κ1) is 12.2. The van der Waals surface area contributed by atoms with Crippen molar-refractivity contribution >= 4 is 35.2 Å². The summed E-state index contributed by atoms with van der Waals surface area (Å²) in [5.74, 6) is -0.128. The van der Waals surface area contributed by atoms with E-state index < -0.39 is 11.3 Å². The molecule has 1 atom stereocenters. The average Bonchev–Trinajstić information content (AvgIpc) is 1.63. The van der Waals surface area contributed by atoms with Crippen LogP contribution >= 0.6 is 24.0 Å². The molecule has 0 amide bonds. The predicted molar refractivity (Wildman–Crippen MR) is 43.4 cm³/mol. The van der Waals surface area contributed by atoms with E-state index in [4.69, 9.17) is 23.1 Å². The van der Waals surface area contributed by atoms with Gasteiger partial charge in [-0.2, -0.15) is 0 Å². The standard InChI is InChI=1S/C4H8ClN3O.ClH/c1-2(3(5)9)8-4(6)7;/h2H,1H3,(H4,6,7,8);1H. The van der Waals surface area contributed by atoms with Gasteiger partial charge in [-0.3, -0.25) is 4.79 Å². The van der Waals surface area contributed by atoms with Crippen molar-refractivity contribution in [1.29, 1.82) is 0 Å². The molecular weight excluding hydrogens is 177 g/mol. The molecule has 4 nitrogen and oxygen atoms in total. The second kappa shape index (κ2) is 5.32. The molecule has 0 radical (unpaired) electrons. The maximum atomic E-state index is 10.2. The Kier molecular flexibility index (Phi) is 6.50. The highest BCUT2D eigenvalue weighted by Gasteiger charge is 2.06. The molecule has 60 valence electrons. The Morgan fingerprint density at radius 3 is 2.10 bits per heavy atom. The molecule has 0 aliphatic rings. The number of guanidine groups is 1. The van der Waals surface area contributed by atoms with Crippen LogP contribution in [0.25, 0.3) is 0 Å². The normalized spacial score (nSPS) is 11.0. The van der Waals surface area contributed by atoms with Crippen molar-refractivity contribution in [3.63, 3.8) is 0 Å². The highest BCUT2D eigenvalue weighted by molar-refractivity contribution is 6.64. The van der Waals surface area contributed by atoms with Crippen LogP contribution in [0, 0.1) is 0 Å². The van der Waals surface area contributed by atoms with Crippen LogP contribution in [0.1, 0.15) is 6.92 Å². The van der Waals surface area contributed by atoms with Crippen LogP contribution in [0.4, 0.5) is 0 Å². The fraction of sp³-hybridized carbons (Fsp3) is 0.500. The van der Waals surface area contributed by atoms with Crippen molar-refractivity contribution in [2.45, 2.75) is 13.0 Å². The third-order valence-corrected chi connectivity index (χ3v) is 0.987. The molecule has 0 aromatic heterocycles. The van der Waals surface area contributed by atoms with Gasteiger partial charge in [0.2, 0.25) is 5.24 Å². The zero-order chi connectivity index (χ0) is 7.44. The average molecular weight is 186 g/mol. The van der Waals surface area contributed by atoms with Crippen molar-refractivity contribution in [3.05, 3.63) is 0 Å². The van der Waals surface area contributed by atoms with Crippen molar-refractivity contribution in [2.24, 2.45) is 16.5 Å². The van der Waals surface area contributed by atoms with E-state index in [0.29, 0.717) is 0 Å². The first-order valence-electron chi connectivity index (χ1n) is 2.32. The highest BCUT2D eigenvalue weighted by atomic mass is 35.5. The third kappa shape index (κ3) is 5.65. The monoisotopic (exact) mass is 185 g/mol. The number of aliphatic imine (C=N–C) groups is 1. The van der Waals surface area contributed by atoms with E-state index in [9.17, 15) is 4.79 Å². The van der Waals surface area contributed by atoms with E-state index in [2.05, 4.69) is 4.99 Å². The topological polar surface area (TPSA) is 81.5 Å². The van der Waals surface area contributed by atoms with Crippen LogP contribution in [0.5, 0.6) is 0 Å². The summed E-state index contributed by atoms with van der Waals surface area (Å²) in [7, 11) is 0. The van der Waals surface area contributed by atoms with Gasteiger partial charge in [0.15, 0.2) is 5.96 Å². The van der Waals surface area contributed by atoms with Crippen molar-refractivity contribution in [1.82, 2.24) is 0 Å². The number of hydrogen-bond acceptors (Lipinski definition) is 2. The molecule has 0 heterocycles. The van der Waals surface area contributed by atoms with E-state index in [1.165, 1.54) is 6.92 Å². The van der Waals surface area contributed by atoms with Gasteiger partial charge in [0, 0.05) is 0 Å². The molecule has 0 rings (SSSR count). The van der Waals surface area contributed by atoms with Crippen LogP contribution in [0.2, 0.25) is 0 Å². The number of hydrogen-bond donors (Lipinski definition) is 2. The van der Waals surface area contributed by atoms with E-state index in [1.54, 1.807) is 0 Å². The summed E-state index contributed by atoms with van der Waals surface area (Å²) in [5, 5.41) is -0.566. The summed E-state index contributed by atoms with van der Waals surface area (Å²) >= 11 is 5.02. The minimum Gasteiger partial charge on any atom is -0.370 e. The van der Waals surface area contributed by atoms with Gasteiger partial charge in [-0.15, -0.1) is 12.4 Å². The SMILES string of the molecule is CC(N=C(N)N)C(=O)Cl.Cl. The first-order valence-corrected chi connectivity index (χ1v) is 2.70. The Morgan fingerprint density at radius 1 is 1.60 bits per heavy atom. The van der Waals surface area contributed by atoms with Gasteiger partial charge in [-0.05, 0) is 18.5 Å². The highest BCUT2D eigenvalue weighted by Crippen LogP contribution is 1.93. The molecule has 0 saturated carbocycles. The van der Waals surface area contributed by atoms with Crippen LogP contribution in [0.15, 0.2) is 4.99 Å². The minimum absolute atomic E-state index is 0. The molecule has 6 heteroatoms. The van der Waals surface area contributed by atoms with Crippen LogP contribution in [0.3, 0.4) is 0 Å². The number of nitrogens with zero attached hydrogens (tertiary/aromatic N) is 1. The third-order valence-electron chi connectivity index (χ3n) is 0.671. The lowest BCUT2D eigenvalue weighted by Crippen LogP contribution is -2.26. The zero-order valence-electron chi connectivity index (χ0n) is 5.37. The molecule has 0 bridgehead atoms. The Morgan fingerprint density at radius 2 is 2.00 bits per heavy atom. The smallest absolute Gasteiger partial charge is 0.246 e. The maximum Gasteiger partial charge on any atom is 0.246 e. The Balaban J connectivity index is 0. The number of nitrogens with two attached hydrogens (primary N) is 2. The summed E-state index contributed by atoms with van der Waals surface area (Å²) < 4.78 is 0. The molecular formula is C4H9Cl2N3O. The number of carbonyl (C=O) groups excluding carboxylic acids is 1. The summed E-state index contributed by atoms with van der Waals surface area (Å²) in [6.45, 7) is 1.51. The van der Waals surface area contributed by atoms with E-state index in [0.717, 1.165) is 0 Å². The number of rotatable bonds is 2. The maximum absolute atomic E-state index is 10.2. The quantitative estimate of drug-likeness (QED) is 0.357. The van der Waals surface area contributed by atoms with Gasteiger partial charge < -0.3 is 11.5 Å². The van der Waals surface area contributed by atoms with Gasteiger partial charge in [0.05, 0.1) is 0 Å². The molecule has 0 aromatic rings. The predicted octanol–water partition coefficient (Wildman–Crippen LogP) is -0.164. The Hall–Kier alpha value is -0.480. The summed E-state index contributed by atoms with van der Waals surface area (Å²) in [6.07, 6.45) is 0. The number of halogens is 2. The van der Waals surface area contributed by atoms with Crippen molar-refractivity contribution < 1.29 is 4.79 Å². The molecule has 0 saturated heterocycles. The molecule has 0 aliphatic carbocycles. The van der Waals surface area contributed by atoms with E-state index in [-0.39, 0.29) is 18.4 Å². The lowest BCUT2D eigenvalue weighted by molar-refractivity contribution is -0.112. The van der Waals surface area contributed by atoms with Crippen molar-refractivity contribution in [3.8, 4) is 0 Å². The zero-order valence-corrected chi connectivity index (χ0v) is 6.95. The van der Waals surface area contributed by atoms with Gasteiger partial charge in [0.1, 0.15) is 6.04 Å².